The molecule has 0 saturated heterocycles. The fraction of sp³-hybridized carbons (Fsp3) is 1.00. The minimum atomic E-state index is 0.494. The highest BCUT2D eigenvalue weighted by Gasteiger charge is 2.36. The summed E-state index contributed by atoms with van der Waals surface area (Å²) in [5.74, 6) is 3.76. The Balaban J connectivity index is 2.64. The van der Waals surface area contributed by atoms with Crippen LogP contribution in [0.15, 0.2) is 0 Å². The van der Waals surface area contributed by atoms with Gasteiger partial charge in [-0.1, -0.05) is 54.4 Å². The van der Waals surface area contributed by atoms with Crippen LogP contribution in [-0.2, 0) is 0 Å². The molecule has 126 valence electrons. The first-order chi connectivity index (χ1) is 9.92. The Morgan fingerprint density at radius 2 is 1.67 bits per heavy atom. The second-order valence-electron chi connectivity index (χ2n) is 8.52. The zero-order valence-electron chi connectivity index (χ0n) is 15.7. The summed E-state index contributed by atoms with van der Waals surface area (Å²) in [6.45, 7) is 16.8. The average Bonchev–Trinajstić information content (AvgIpc) is 2.45. The van der Waals surface area contributed by atoms with E-state index in [0.29, 0.717) is 5.41 Å². The Morgan fingerprint density at radius 3 is 2.19 bits per heavy atom. The first-order valence-electron chi connectivity index (χ1n) is 9.62. The summed E-state index contributed by atoms with van der Waals surface area (Å²) in [6, 6.07) is 0. The van der Waals surface area contributed by atoms with Gasteiger partial charge in [0.2, 0.25) is 0 Å². The third kappa shape index (κ3) is 6.30. The maximum Gasteiger partial charge on any atom is -0.00179 e. The summed E-state index contributed by atoms with van der Waals surface area (Å²) in [4.78, 5) is 0. The van der Waals surface area contributed by atoms with Gasteiger partial charge in [0.1, 0.15) is 0 Å². The molecule has 0 aromatic heterocycles. The average molecular weight is 296 g/mol. The Labute approximate surface area is 134 Å². The molecule has 0 amide bonds. The highest BCUT2D eigenvalue weighted by atomic mass is 14.9. The van der Waals surface area contributed by atoms with Gasteiger partial charge < -0.3 is 5.32 Å². The van der Waals surface area contributed by atoms with Crippen molar-refractivity contribution in [1.82, 2.24) is 5.32 Å². The van der Waals surface area contributed by atoms with E-state index in [1.807, 2.05) is 0 Å². The molecule has 0 radical (unpaired) electrons. The second kappa shape index (κ2) is 9.18. The van der Waals surface area contributed by atoms with Gasteiger partial charge in [0.15, 0.2) is 0 Å². The van der Waals surface area contributed by atoms with Crippen molar-refractivity contribution in [2.24, 2.45) is 29.1 Å². The summed E-state index contributed by atoms with van der Waals surface area (Å²) in [7, 11) is 0. The van der Waals surface area contributed by atoms with Crippen LogP contribution in [0, 0.1) is 29.1 Å². The van der Waals surface area contributed by atoms with E-state index in [4.69, 9.17) is 0 Å². The molecule has 1 nitrogen and oxygen atoms in total. The molecule has 3 atom stereocenters. The second-order valence-corrected chi connectivity index (χ2v) is 8.52. The molecule has 0 bridgehead atoms. The van der Waals surface area contributed by atoms with Gasteiger partial charge in [-0.15, -0.1) is 0 Å². The van der Waals surface area contributed by atoms with E-state index in [1.165, 1.54) is 58.0 Å². The highest BCUT2D eigenvalue weighted by molar-refractivity contribution is 4.87. The van der Waals surface area contributed by atoms with Crippen molar-refractivity contribution in [1.29, 1.82) is 0 Å². The fourth-order valence-corrected chi connectivity index (χ4v) is 4.19. The third-order valence-corrected chi connectivity index (χ3v) is 5.99. The Bertz CT molecular complexity index is 262. The monoisotopic (exact) mass is 295 g/mol. The normalized spacial score (nSPS) is 27.3. The van der Waals surface area contributed by atoms with Gasteiger partial charge in [0, 0.05) is 0 Å². The lowest BCUT2D eigenvalue weighted by atomic mass is 9.63. The Kier molecular flexibility index (Phi) is 8.31. The van der Waals surface area contributed by atoms with Crippen LogP contribution in [-0.4, -0.2) is 13.1 Å². The standard InChI is InChI=1S/C20H41N/c1-7-12-21-15-17-10-11-19(20(4,5)6)14-18(17)13-16(8-2)9-3/h16-19,21H,7-15H2,1-6H3. The van der Waals surface area contributed by atoms with E-state index >= 15 is 0 Å². The smallest absolute Gasteiger partial charge is 0.00179 e. The van der Waals surface area contributed by atoms with Crippen LogP contribution >= 0.6 is 0 Å². The van der Waals surface area contributed by atoms with E-state index in [-0.39, 0.29) is 0 Å². The molecule has 1 aliphatic rings. The number of nitrogens with one attached hydrogen (secondary N) is 1. The topological polar surface area (TPSA) is 12.0 Å². The van der Waals surface area contributed by atoms with Gasteiger partial charge in [-0.05, 0) is 74.3 Å². The van der Waals surface area contributed by atoms with E-state index in [1.54, 1.807) is 0 Å². The van der Waals surface area contributed by atoms with Crippen molar-refractivity contribution in [3.63, 3.8) is 0 Å². The Morgan fingerprint density at radius 1 is 1.00 bits per heavy atom. The molecule has 0 spiro atoms. The molecule has 0 heterocycles. The lowest BCUT2D eigenvalue weighted by molar-refractivity contribution is 0.0819. The van der Waals surface area contributed by atoms with Crippen LogP contribution in [0.4, 0.5) is 0 Å². The van der Waals surface area contributed by atoms with Crippen molar-refractivity contribution in [2.45, 2.75) is 86.5 Å². The van der Waals surface area contributed by atoms with Gasteiger partial charge in [0.05, 0.1) is 0 Å². The lowest BCUT2D eigenvalue weighted by Crippen LogP contribution is -2.37. The van der Waals surface area contributed by atoms with Gasteiger partial charge in [0.25, 0.3) is 0 Å². The molecular weight excluding hydrogens is 254 g/mol. The van der Waals surface area contributed by atoms with Crippen molar-refractivity contribution in [2.75, 3.05) is 13.1 Å². The van der Waals surface area contributed by atoms with Crippen LogP contribution in [0.25, 0.3) is 0 Å². The van der Waals surface area contributed by atoms with Crippen molar-refractivity contribution in [3.05, 3.63) is 0 Å². The summed E-state index contributed by atoms with van der Waals surface area (Å²) in [5.41, 5.74) is 0.494. The lowest BCUT2D eigenvalue weighted by Gasteiger charge is -2.43. The fourth-order valence-electron chi connectivity index (χ4n) is 4.19. The molecule has 0 aromatic rings. The molecule has 0 aromatic carbocycles. The molecule has 1 rings (SSSR count). The van der Waals surface area contributed by atoms with Crippen molar-refractivity contribution < 1.29 is 0 Å². The van der Waals surface area contributed by atoms with Crippen LogP contribution in [0.3, 0.4) is 0 Å². The van der Waals surface area contributed by atoms with Crippen LogP contribution in [0.5, 0.6) is 0 Å². The largest absolute Gasteiger partial charge is 0.316 e. The summed E-state index contributed by atoms with van der Waals surface area (Å²) in [6.07, 6.45) is 9.82. The maximum absolute atomic E-state index is 3.70. The number of hydrogen-bond acceptors (Lipinski definition) is 1. The highest BCUT2D eigenvalue weighted by Crippen LogP contribution is 2.45. The van der Waals surface area contributed by atoms with Gasteiger partial charge in [-0.25, -0.2) is 0 Å². The zero-order chi connectivity index (χ0) is 15.9. The first-order valence-corrected chi connectivity index (χ1v) is 9.62. The van der Waals surface area contributed by atoms with Crippen LogP contribution in [0.2, 0.25) is 0 Å². The molecule has 1 heteroatoms. The van der Waals surface area contributed by atoms with Crippen LogP contribution in [0.1, 0.15) is 86.5 Å². The summed E-state index contributed by atoms with van der Waals surface area (Å²) in [5, 5.41) is 3.70. The molecule has 21 heavy (non-hydrogen) atoms. The van der Waals surface area contributed by atoms with E-state index in [2.05, 4.69) is 46.9 Å². The third-order valence-electron chi connectivity index (χ3n) is 5.99. The van der Waals surface area contributed by atoms with E-state index < -0.39 is 0 Å². The molecule has 1 fully saturated rings. The predicted molar refractivity (Wildman–Crippen MR) is 95.6 cm³/mol. The minimum absolute atomic E-state index is 0.494. The molecule has 1 aliphatic carbocycles. The zero-order valence-corrected chi connectivity index (χ0v) is 15.7. The number of rotatable bonds is 8. The Hall–Kier alpha value is -0.0400. The van der Waals surface area contributed by atoms with Gasteiger partial charge in [-0.3, -0.25) is 0 Å². The molecule has 1 saturated carbocycles. The quantitative estimate of drug-likeness (QED) is 0.550. The van der Waals surface area contributed by atoms with Crippen molar-refractivity contribution in [3.8, 4) is 0 Å². The molecule has 3 unspecified atom stereocenters. The van der Waals surface area contributed by atoms with E-state index in [0.717, 1.165) is 23.7 Å². The van der Waals surface area contributed by atoms with Crippen LogP contribution < -0.4 is 5.32 Å². The summed E-state index contributed by atoms with van der Waals surface area (Å²) >= 11 is 0. The van der Waals surface area contributed by atoms with E-state index in [9.17, 15) is 0 Å². The van der Waals surface area contributed by atoms with Gasteiger partial charge in [-0.2, -0.15) is 0 Å². The minimum Gasteiger partial charge on any atom is -0.316 e. The maximum atomic E-state index is 3.70. The molecule has 1 N–H and O–H groups in total. The molecule has 0 aliphatic heterocycles. The number of hydrogen-bond donors (Lipinski definition) is 1. The van der Waals surface area contributed by atoms with Gasteiger partial charge >= 0.3 is 0 Å². The summed E-state index contributed by atoms with van der Waals surface area (Å²) < 4.78 is 0. The SMILES string of the molecule is CCCNCC1CCC(C(C)(C)C)CC1CC(CC)CC. The predicted octanol–water partition coefficient (Wildman–Crippen LogP) is 5.89. The van der Waals surface area contributed by atoms with Crippen molar-refractivity contribution >= 4 is 0 Å². The first kappa shape index (κ1) is 19.0. The molecular formula is C20H41N.